The van der Waals surface area contributed by atoms with Crippen LogP contribution in [0.4, 0.5) is 0 Å². The van der Waals surface area contributed by atoms with Crippen molar-refractivity contribution in [3.63, 3.8) is 0 Å². The summed E-state index contributed by atoms with van der Waals surface area (Å²) in [5.74, 6) is 0.646. The number of phenols is 2. The molecule has 2 aromatic rings. The lowest BCUT2D eigenvalue weighted by molar-refractivity contribution is 0.403. The molecule has 0 fully saturated rings. The Morgan fingerprint density at radius 3 is 2.62 bits per heavy atom. The first kappa shape index (κ1) is 10.2. The fraction of sp³-hybridized carbons (Fsp3) is 0.0909. The number of rotatable bonds is 2. The molecular formula is C11H10N2O3. The highest BCUT2D eigenvalue weighted by atomic mass is 16.5. The Kier molecular flexibility index (Phi) is 2.59. The lowest BCUT2D eigenvalue weighted by Crippen LogP contribution is -1.75. The normalized spacial score (nSPS) is 11.1. The van der Waals surface area contributed by atoms with Crippen molar-refractivity contribution in [3.05, 3.63) is 35.5 Å². The predicted octanol–water partition coefficient (Wildman–Crippen LogP) is 1.96. The Hall–Kier alpha value is -2.30. The predicted molar refractivity (Wildman–Crippen MR) is 57.7 cm³/mol. The van der Waals surface area contributed by atoms with Gasteiger partial charge >= 0.3 is 0 Å². The van der Waals surface area contributed by atoms with Gasteiger partial charge in [-0.15, -0.1) is 0 Å². The van der Waals surface area contributed by atoms with Crippen molar-refractivity contribution in [1.29, 1.82) is 0 Å². The topological polar surface area (TPSA) is 79.4 Å². The van der Waals surface area contributed by atoms with E-state index < -0.39 is 0 Å². The summed E-state index contributed by atoms with van der Waals surface area (Å²) in [4.78, 5) is 3.99. The molecule has 2 N–H and O–H groups in total. The van der Waals surface area contributed by atoms with E-state index in [0.717, 1.165) is 5.56 Å². The summed E-state index contributed by atoms with van der Waals surface area (Å²) < 4.78 is 4.88. The van der Waals surface area contributed by atoms with Crippen molar-refractivity contribution in [2.75, 3.05) is 0 Å². The van der Waals surface area contributed by atoms with Crippen molar-refractivity contribution in [1.82, 2.24) is 10.1 Å². The third-order valence-electron chi connectivity index (χ3n) is 1.96. The molecule has 0 atom stereocenters. The first-order chi connectivity index (χ1) is 7.65. The van der Waals surface area contributed by atoms with Crippen LogP contribution < -0.4 is 0 Å². The van der Waals surface area contributed by atoms with Crippen LogP contribution in [0.25, 0.3) is 12.2 Å². The van der Waals surface area contributed by atoms with Crippen molar-refractivity contribution < 1.29 is 14.7 Å². The molecule has 1 aromatic heterocycles. The molecule has 0 amide bonds. The summed E-state index contributed by atoms with van der Waals surface area (Å²) in [6, 6.07) is 4.51. The highest BCUT2D eigenvalue weighted by Crippen LogP contribution is 2.25. The number of benzene rings is 1. The van der Waals surface area contributed by atoms with Gasteiger partial charge in [0.15, 0.2) is 17.3 Å². The quantitative estimate of drug-likeness (QED) is 0.753. The van der Waals surface area contributed by atoms with Crippen LogP contribution in [0.2, 0.25) is 0 Å². The first-order valence-corrected chi connectivity index (χ1v) is 4.65. The maximum atomic E-state index is 9.27. The molecule has 0 spiro atoms. The molecule has 5 nitrogen and oxygen atoms in total. The Balaban J connectivity index is 2.20. The van der Waals surface area contributed by atoms with Crippen LogP contribution in [-0.4, -0.2) is 20.4 Å². The van der Waals surface area contributed by atoms with E-state index in [-0.39, 0.29) is 11.5 Å². The molecule has 16 heavy (non-hydrogen) atoms. The third-order valence-corrected chi connectivity index (χ3v) is 1.96. The minimum Gasteiger partial charge on any atom is -0.504 e. The van der Waals surface area contributed by atoms with Crippen LogP contribution in [0.5, 0.6) is 11.5 Å². The SMILES string of the molecule is Cc1noc(C=Cc2ccc(O)c(O)c2)n1. The molecule has 0 aliphatic carbocycles. The molecule has 0 aliphatic heterocycles. The number of aryl methyl sites for hydroxylation is 1. The number of aromatic nitrogens is 2. The van der Waals surface area contributed by atoms with E-state index in [4.69, 9.17) is 9.63 Å². The van der Waals surface area contributed by atoms with Crippen molar-refractivity contribution in [2.24, 2.45) is 0 Å². The van der Waals surface area contributed by atoms with E-state index in [1.807, 2.05) is 0 Å². The third kappa shape index (κ3) is 2.20. The number of phenolic OH excluding ortho intramolecular Hbond substituents is 2. The zero-order valence-corrected chi connectivity index (χ0v) is 8.58. The van der Waals surface area contributed by atoms with Gasteiger partial charge in [-0.2, -0.15) is 4.98 Å². The molecule has 0 saturated heterocycles. The maximum Gasteiger partial charge on any atom is 0.250 e. The Morgan fingerprint density at radius 1 is 1.19 bits per heavy atom. The molecule has 0 bridgehead atoms. The zero-order valence-electron chi connectivity index (χ0n) is 8.58. The largest absolute Gasteiger partial charge is 0.504 e. The monoisotopic (exact) mass is 218 g/mol. The van der Waals surface area contributed by atoms with Gasteiger partial charge in [0.2, 0.25) is 0 Å². The first-order valence-electron chi connectivity index (χ1n) is 4.65. The molecule has 0 aliphatic rings. The summed E-state index contributed by atoms with van der Waals surface area (Å²) in [7, 11) is 0. The Labute approximate surface area is 91.7 Å². The van der Waals surface area contributed by atoms with Crippen molar-refractivity contribution in [3.8, 4) is 11.5 Å². The molecule has 0 saturated carbocycles. The van der Waals surface area contributed by atoms with Gasteiger partial charge in [-0.1, -0.05) is 11.2 Å². The van der Waals surface area contributed by atoms with Crippen LogP contribution in [0.15, 0.2) is 22.7 Å². The zero-order chi connectivity index (χ0) is 11.5. The summed E-state index contributed by atoms with van der Waals surface area (Å²) in [6.45, 7) is 1.73. The smallest absolute Gasteiger partial charge is 0.250 e. The van der Waals surface area contributed by atoms with Crippen LogP contribution in [-0.2, 0) is 0 Å². The van der Waals surface area contributed by atoms with E-state index in [1.165, 1.54) is 12.1 Å². The summed E-state index contributed by atoms with van der Waals surface area (Å²) >= 11 is 0. The minimum atomic E-state index is -0.163. The van der Waals surface area contributed by atoms with Crippen molar-refractivity contribution >= 4 is 12.2 Å². The van der Waals surface area contributed by atoms with Gasteiger partial charge in [0.05, 0.1) is 0 Å². The number of hydrogen-bond acceptors (Lipinski definition) is 5. The molecular weight excluding hydrogens is 208 g/mol. The van der Waals surface area contributed by atoms with Crippen molar-refractivity contribution in [2.45, 2.75) is 6.92 Å². The minimum absolute atomic E-state index is 0.147. The highest BCUT2D eigenvalue weighted by Gasteiger charge is 1.99. The maximum absolute atomic E-state index is 9.27. The fourth-order valence-electron chi connectivity index (χ4n) is 1.19. The van der Waals surface area contributed by atoms with E-state index in [0.29, 0.717) is 11.7 Å². The van der Waals surface area contributed by atoms with Gasteiger partial charge in [0.25, 0.3) is 5.89 Å². The van der Waals surface area contributed by atoms with E-state index in [2.05, 4.69) is 10.1 Å². The summed E-state index contributed by atoms with van der Waals surface area (Å²) in [5.41, 5.74) is 0.728. The van der Waals surface area contributed by atoms with Gasteiger partial charge < -0.3 is 14.7 Å². The van der Waals surface area contributed by atoms with E-state index in [9.17, 15) is 5.11 Å². The fourth-order valence-corrected chi connectivity index (χ4v) is 1.19. The number of nitrogens with zero attached hydrogens (tertiary/aromatic N) is 2. The van der Waals surface area contributed by atoms with Gasteiger partial charge in [-0.25, -0.2) is 0 Å². The molecule has 82 valence electrons. The summed E-state index contributed by atoms with van der Waals surface area (Å²) in [6.07, 6.45) is 3.33. The standard InChI is InChI=1S/C11H10N2O3/c1-7-12-11(16-13-7)5-3-8-2-4-9(14)10(15)6-8/h2-6,14-15H,1H3. The molecule has 1 aromatic carbocycles. The van der Waals surface area contributed by atoms with Gasteiger partial charge in [0.1, 0.15) is 0 Å². The lowest BCUT2D eigenvalue weighted by Gasteiger charge is -1.97. The second-order valence-corrected chi connectivity index (χ2v) is 3.26. The summed E-state index contributed by atoms with van der Waals surface area (Å²) in [5, 5.41) is 22.0. The Bertz CT molecular complexity index is 532. The number of aromatic hydroxyl groups is 2. The molecule has 5 heteroatoms. The molecule has 0 unspecified atom stereocenters. The average Bonchev–Trinajstić information content (AvgIpc) is 2.66. The lowest BCUT2D eigenvalue weighted by atomic mass is 10.2. The second-order valence-electron chi connectivity index (χ2n) is 3.26. The second kappa shape index (κ2) is 4.06. The molecule has 2 rings (SSSR count). The van der Waals surface area contributed by atoms with E-state index >= 15 is 0 Å². The van der Waals surface area contributed by atoms with E-state index in [1.54, 1.807) is 25.1 Å². The molecule has 0 radical (unpaired) electrons. The van der Waals surface area contributed by atoms with Crippen LogP contribution >= 0.6 is 0 Å². The van der Waals surface area contributed by atoms with Gasteiger partial charge in [0, 0.05) is 6.08 Å². The highest BCUT2D eigenvalue weighted by molar-refractivity contribution is 5.67. The number of hydrogen-bond donors (Lipinski definition) is 2. The van der Waals surface area contributed by atoms with Crippen LogP contribution in [0.1, 0.15) is 17.3 Å². The van der Waals surface area contributed by atoms with Gasteiger partial charge in [-0.3, -0.25) is 0 Å². The van der Waals surface area contributed by atoms with Crippen LogP contribution in [0.3, 0.4) is 0 Å². The molecule has 1 heterocycles. The van der Waals surface area contributed by atoms with Gasteiger partial charge in [-0.05, 0) is 30.7 Å². The Morgan fingerprint density at radius 2 is 2.00 bits per heavy atom. The average molecular weight is 218 g/mol. The van der Waals surface area contributed by atoms with Crippen LogP contribution in [0, 0.1) is 6.92 Å².